The van der Waals surface area contributed by atoms with Crippen molar-refractivity contribution in [2.75, 3.05) is 0 Å². The summed E-state index contributed by atoms with van der Waals surface area (Å²) in [4.78, 5) is 12.9. The second-order valence-corrected chi connectivity index (χ2v) is 6.49. The molecule has 3 aromatic rings. The number of aryl methyl sites for hydroxylation is 3. The first-order valence-corrected chi connectivity index (χ1v) is 8.55. The Balaban J connectivity index is 2.02. The van der Waals surface area contributed by atoms with Gasteiger partial charge >= 0.3 is 0 Å². The van der Waals surface area contributed by atoms with E-state index in [2.05, 4.69) is 49.5 Å². The third kappa shape index (κ3) is 3.80. The summed E-state index contributed by atoms with van der Waals surface area (Å²) in [6.45, 7) is 6.13. The van der Waals surface area contributed by atoms with Crippen molar-refractivity contribution in [2.24, 2.45) is 0 Å². The number of amides is 1. The highest BCUT2D eigenvalue weighted by Gasteiger charge is 2.20. The average molecular weight is 329 g/mol. The molecule has 0 radical (unpaired) electrons. The maximum atomic E-state index is 12.9. The third-order valence-corrected chi connectivity index (χ3v) is 4.54. The van der Waals surface area contributed by atoms with Gasteiger partial charge in [-0.1, -0.05) is 72.3 Å². The van der Waals surface area contributed by atoms with Crippen molar-refractivity contribution >= 4 is 5.91 Å². The third-order valence-electron chi connectivity index (χ3n) is 4.54. The van der Waals surface area contributed by atoms with Crippen LogP contribution in [0.1, 0.15) is 44.2 Å². The van der Waals surface area contributed by atoms with Crippen LogP contribution in [0.4, 0.5) is 0 Å². The molecule has 3 aromatic carbocycles. The molecular weight excluding hydrogens is 306 g/mol. The fourth-order valence-corrected chi connectivity index (χ4v) is 3.09. The van der Waals surface area contributed by atoms with E-state index < -0.39 is 0 Å². The normalized spacial score (nSPS) is 11.8. The summed E-state index contributed by atoms with van der Waals surface area (Å²) in [6, 6.07) is 24.0. The molecule has 0 heterocycles. The average Bonchev–Trinajstić information content (AvgIpc) is 2.63. The zero-order valence-corrected chi connectivity index (χ0v) is 14.9. The summed E-state index contributed by atoms with van der Waals surface area (Å²) in [5, 5.41) is 3.24. The molecule has 0 bridgehead atoms. The summed E-state index contributed by atoms with van der Waals surface area (Å²) in [5.41, 5.74) is 6.27. The SMILES string of the molecule is Cc1ccc(C)c([C@H](NC(=O)c2ccccc2C)c2ccccc2)c1. The van der Waals surface area contributed by atoms with E-state index in [1.807, 2.05) is 49.4 Å². The van der Waals surface area contributed by atoms with Crippen molar-refractivity contribution in [3.8, 4) is 0 Å². The van der Waals surface area contributed by atoms with Gasteiger partial charge in [0.15, 0.2) is 0 Å². The molecule has 0 unspecified atom stereocenters. The maximum absolute atomic E-state index is 12.9. The minimum atomic E-state index is -0.173. The van der Waals surface area contributed by atoms with Crippen LogP contribution in [-0.2, 0) is 0 Å². The molecule has 126 valence electrons. The lowest BCUT2D eigenvalue weighted by molar-refractivity contribution is 0.0942. The van der Waals surface area contributed by atoms with Gasteiger partial charge in [0, 0.05) is 5.56 Å². The van der Waals surface area contributed by atoms with Gasteiger partial charge in [-0.05, 0) is 49.1 Å². The predicted molar refractivity (Wildman–Crippen MR) is 103 cm³/mol. The Hall–Kier alpha value is -2.87. The predicted octanol–water partition coefficient (Wildman–Crippen LogP) is 5.13. The van der Waals surface area contributed by atoms with E-state index in [1.54, 1.807) is 0 Å². The van der Waals surface area contributed by atoms with E-state index in [-0.39, 0.29) is 11.9 Å². The molecule has 1 atom stereocenters. The summed E-state index contributed by atoms with van der Waals surface area (Å²) in [5.74, 6) is -0.0483. The minimum absolute atomic E-state index is 0.0483. The first-order valence-electron chi connectivity index (χ1n) is 8.55. The second kappa shape index (κ2) is 7.35. The smallest absolute Gasteiger partial charge is 0.252 e. The Morgan fingerprint density at radius 1 is 0.800 bits per heavy atom. The van der Waals surface area contributed by atoms with Crippen molar-refractivity contribution in [3.63, 3.8) is 0 Å². The lowest BCUT2D eigenvalue weighted by atomic mass is 9.93. The monoisotopic (exact) mass is 329 g/mol. The van der Waals surface area contributed by atoms with Gasteiger partial charge in [-0.25, -0.2) is 0 Å². The molecule has 0 aliphatic heterocycles. The first-order chi connectivity index (χ1) is 12.1. The van der Waals surface area contributed by atoms with Gasteiger partial charge in [0.1, 0.15) is 0 Å². The number of benzene rings is 3. The molecule has 0 saturated carbocycles. The van der Waals surface area contributed by atoms with E-state index in [9.17, 15) is 4.79 Å². The number of hydrogen-bond acceptors (Lipinski definition) is 1. The molecule has 25 heavy (non-hydrogen) atoms. The molecule has 0 aliphatic rings. The molecule has 0 aliphatic carbocycles. The molecule has 0 spiro atoms. The highest BCUT2D eigenvalue weighted by molar-refractivity contribution is 5.96. The Bertz CT molecular complexity index is 884. The lowest BCUT2D eigenvalue weighted by Gasteiger charge is -2.22. The van der Waals surface area contributed by atoms with Crippen molar-refractivity contribution in [1.29, 1.82) is 0 Å². The van der Waals surface area contributed by atoms with Crippen LogP contribution < -0.4 is 5.32 Å². The summed E-state index contributed by atoms with van der Waals surface area (Å²) >= 11 is 0. The fraction of sp³-hybridized carbons (Fsp3) is 0.174. The Labute approximate surface area is 149 Å². The molecule has 0 aromatic heterocycles. The highest BCUT2D eigenvalue weighted by Crippen LogP contribution is 2.26. The molecule has 0 saturated heterocycles. The molecular formula is C23H23NO. The van der Waals surface area contributed by atoms with Crippen molar-refractivity contribution < 1.29 is 4.79 Å². The van der Waals surface area contributed by atoms with E-state index in [1.165, 1.54) is 11.1 Å². The highest BCUT2D eigenvalue weighted by atomic mass is 16.1. The lowest BCUT2D eigenvalue weighted by Crippen LogP contribution is -2.30. The topological polar surface area (TPSA) is 29.1 Å². The second-order valence-electron chi connectivity index (χ2n) is 6.49. The van der Waals surface area contributed by atoms with Gasteiger partial charge < -0.3 is 5.32 Å². The van der Waals surface area contributed by atoms with E-state index in [0.717, 1.165) is 16.7 Å². The quantitative estimate of drug-likeness (QED) is 0.706. The minimum Gasteiger partial charge on any atom is -0.341 e. The van der Waals surface area contributed by atoms with Gasteiger partial charge in [0.05, 0.1) is 6.04 Å². The molecule has 1 amide bonds. The van der Waals surface area contributed by atoms with Gasteiger partial charge in [-0.15, -0.1) is 0 Å². The number of rotatable bonds is 4. The number of nitrogens with one attached hydrogen (secondary N) is 1. The molecule has 0 fully saturated rings. The standard InChI is InChI=1S/C23H23NO/c1-16-13-14-18(3)21(15-16)22(19-10-5-4-6-11-19)24-23(25)20-12-8-7-9-17(20)2/h4-15,22H,1-3H3,(H,24,25)/t22-/m1/s1. The first kappa shape index (κ1) is 17.0. The van der Waals surface area contributed by atoms with Crippen LogP contribution in [0.2, 0.25) is 0 Å². The number of hydrogen-bond donors (Lipinski definition) is 1. The zero-order valence-electron chi connectivity index (χ0n) is 14.9. The molecule has 1 N–H and O–H groups in total. The number of carbonyl (C=O) groups is 1. The Kier molecular flexibility index (Phi) is 4.99. The van der Waals surface area contributed by atoms with Crippen molar-refractivity contribution in [2.45, 2.75) is 26.8 Å². The Morgan fingerprint density at radius 2 is 1.48 bits per heavy atom. The van der Waals surface area contributed by atoms with Gasteiger partial charge in [-0.3, -0.25) is 4.79 Å². The van der Waals surface area contributed by atoms with Crippen LogP contribution in [-0.4, -0.2) is 5.91 Å². The van der Waals surface area contributed by atoms with Crippen LogP contribution in [0.15, 0.2) is 72.8 Å². The van der Waals surface area contributed by atoms with E-state index >= 15 is 0 Å². The summed E-state index contributed by atoms with van der Waals surface area (Å²) in [6.07, 6.45) is 0. The van der Waals surface area contributed by atoms with Crippen LogP contribution in [0.25, 0.3) is 0 Å². The molecule has 2 nitrogen and oxygen atoms in total. The maximum Gasteiger partial charge on any atom is 0.252 e. The van der Waals surface area contributed by atoms with Crippen LogP contribution in [0.5, 0.6) is 0 Å². The molecule has 3 rings (SSSR count). The zero-order chi connectivity index (χ0) is 17.8. The largest absolute Gasteiger partial charge is 0.341 e. The van der Waals surface area contributed by atoms with Crippen LogP contribution >= 0.6 is 0 Å². The van der Waals surface area contributed by atoms with Gasteiger partial charge in [0.25, 0.3) is 5.91 Å². The van der Waals surface area contributed by atoms with Gasteiger partial charge in [0.2, 0.25) is 0 Å². The van der Waals surface area contributed by atoms with Gasteiger partial charge in [-0.2, -0.15) is 0 Å². The fourth-order valence-electron chi connectivity index (χ4n) is 3.09. The van der Waals surface area contributed by atoms with Crippen molar-refractivity contribution in [3.05, 3.63) is 106 Å². The van der Waals surface area contributed by atoms with Crippen LogP contribution in [0, 0.1) is 20.8 Å². The number of carbonyl (C=O) groups excluding carboxylic acids is 1. The Morgan fingerprint density at radius 3 is 2.20 bits per heavy atom. The van der Waals surface area contributed by atoms with Crippen molar-refractivity contribution in [1.82, 2.24) is 5.32 Å². The summed E-state index contributed by atoms with van der Waals surface area (Å²) < 4.78 is 0. The van der Waals surface area contributed by atoms with E-state index in [0.29, 0.717) is 5.56 Å². The summed E-state index contributed by atoms with van der Waals surface area (Å²) in [7, 11) is 0. The molecule has 2 heteroatoms. The van der Waals surface area contributed by atoms with Crippen LogP contribution in [0.3, 0.4) is 0 Å². The van der Waals surface area contributed by atoms with E-state index in [4.69, 9.17) is 0 Å².